The molecule has 2 aliphatic rings. The van der Waals surface area contributed by atoms with Crippen molar-refractivity contribution in [2.75, 3.05) is 19.6 Å². The maximum atomic E-state index is 12.3. The van der Waals surface area contributed by atoms with Crippen LogP contribution >= 0.6 is 0 Å². The van der Waals surface area contributed by atoms with Gasteiger partial charge in [-0.05, 0) is 38.1 Å². The minimum absolute atomic E-state index is 0.143. The molecule has 0 radical (unpaired) electrons. The van der Waals surface area contributed by atoms with Crippen molar-refractivity contribution in [3.05, 3.63) is 12.2 Å². The Bertz CT molecular complexity index is 542. The van der Waals surface area contributed by atoms with Crippen LogP contribution < -0.4 is 10.0 Å². The zero-order chi connectivity index (χ0) is 14.7. The fraction of sp³-hybridized carbons (Fsp3) is 0.833. The first-order valence-electron chi connectivity index (χ1n) is 7.46. The topological polar surface area (TPSA) is 103 Å². The van der Waals surface area contributed by atoms with Crippen LogP contribution in [0.3, 0.4) is 0 Å². The summed E-state index contributed by atoms with van der Waals surface area (Å²) in [4.78, 5) is 3.91. The molecule has 1 aromatic heterocycles. The van der Waals surface area contributed by atoms with Crippen LogP contribution in [0.5, 0.6) is 0 Å². The average Bonchev–Trinajstić information content (AvgIpc) is 3.17. The van der Waals surface area contributed by atoms with Gasteiger partial charge in [0.05, 0.1) is 6.54 Å². The second-order valence-electron chi connectivity index (χ2n) is 5.81. The van der Waals surface area contributed by atoms with Gasteiger partial charge in [0.2, 0.25) is 0 Å². The lowest BCUT2D eigenvalue weighted by molar-refractivity contribution is 0.257. The first-order chi connectivity index (χ1) is 10.1. The van der Waals surface area contributed by atoms with Gasteiger partial charge in [0, 0.05) is 19.1 Å². The molecule has 1 aliphatic heterocycles. The molecule has 9 heteroatoms. The molecule has 3 N–H and O–H groups in total. The van der Waals surface area contributed by atoms with Crippen LogP contribution in [0.25, 0.3) is 0 Å². The third-order valence-electron chi connectivity index (χ3n) is 3.98. The molecule has 118 valence electrons. The van der Waals surface area contributed by atoms with Gasteiger partial charge in [0.1, 0.15) is 12.2 Å². The van der Waals surface area contributed by atoms with E-state index in [9.17, 15) is 8.42 Å². The molecule has 0 amide bonds. The summed E-state index contributed by atoms with van der Waals surface area (Å²) in [6.07, 6.45) is 5.89. The molecule has 21 heavy (non-hydrogen) atoms. The normalized spacial score (nSPS) is 24.3. The first kappa shape index (κ1) is 14.9. The molecule has 0 bridgehead atoms. The van der Waals surface area contributed by atoms with Crippen LogP contribution in [0.1, 0.15) is 31.5 Å². The van der Waals surface area contributed by atoms with Gasteiger partial charge in [-0.2, -0.15) is 22.5 Å². The average molecular weight is 314 g/mol. The van der Waals surface area contributed by atoms with Gasteiger partial charge >= 0.3 is 0 Å². The molecule has 1 aliphatic carbocycles. The molecule has 8 nitrogen and oxygen atoms in total. The Morgan fingerprint density at radius 1 is 1.38 bits per heavy atom. The lowest BCUT2D eigenvalue weighted by Crippen LogP contribution is -2.47. The third kappa shape index (κ3) is 4.22. The van der Waals surface area contributed by atoms with Gasteiger partial charge in [-0.25, -0.2) is 4.98 Å². The van der Waals surface area contributed by atoms with E-state index in [1.165, 1.54) is 19.2 Å². The fourth-order valence-electron chi connectivity index (χ4n) is 2.60. The van der Waals surface area contributed by atoms with Gasteiger partial charge in [-0.1, -0.05) is 0 Å². The van der Waals surface area contributed by atoms with Gasteiger partial charge in [-0.3, -0.25) is 5.10 Å². The summed E-state index contributed by atoms with van der Waals surface area (Å²) in [5, 5.41) is 9.83. The smallest absolute Gasteiger partial charge is 0.279 e. The Hall–Kier alpha value is -1.03. The van der Waals surface area contributed by atoms with Crippen molar-refractivity contribution in [1.82, 2.24) is 29.5 Å². The van der Waals surface area contributed by atoms with Crippen molar-refractivity contribution < 1.29 is 8.42 Å². The molecular weight excluding hydrogens is 292 g/mol. The number of aromatic amines is 1. The van der Waals surface area contributed by atoms with Crippen LogP contribution in [0, 0.1) is 5.92 Å². The van der Waals surface area contributed by atoms with E-state index in [4.69, 9.17) is 0 Å². The highest BCUT2D eigenvalue weighted by molar-refractivity contribution is 7.87. The summed E-state index contributed by atoms with van der Waals surface area (Å²) in [5.74, 6) is 0.920. The van der Waals surface area contributed by atoms with E-state index in [1.807, 2.05) is 0 Å². The van der Waals surface area contributed by atoms with E-state index in [1.54, 1.807) is 4.31 Å². The molecular formula is C12H22N6O2S. The van der Waals surface area contributed by atoms with Crippen LogP contribution in [-0.2, 0) is 16.8 Å². The number of piperidine rings is 1. The van der Waals surface area contributed by atoms with Crippen molar-refractivity contribution in [3.63, 3.8) is 0 Å². The van der Waals surface area contributed by atoms with Crippen molar-refractivity contribution in [3.8, 4) is 0 Å². The number of nitrogens with zero attached hydrogens (tertiary/aromatic N) is 3. The highest BCUT2D eigenvalue weighted by atomic mass is 32.2. The predicted octanol–water partition coefficient (Wildman–Crippen LogP) is -0.397. The standard InChI is InChI=1S/C12H22N6O2S/c19-21(20,16-7-12-14-9-15-17-12)18-5-1-2-10(8-18)6-13-11-3-4-11/h9-11,13,16H,1-8H2,(H,14,15,17). The molecule has 3 rings (SSSR count). The number of rotatable bonds is 7. The van der Waals surface area contributed by atoms with E-state index < -0.39 is 10.2 Å². The molecule has 2 fully saturated rings. The summed E-state index contributed by atoms with van der Waals surface area (Å²) in [7, 11) is -3.45. The molecule has 1 unspecified atom stereocenters. The predicted molar refractivity (Wildman–Crippen MR) is 77.5 cm³/mol. The Labute approximate surface area is 124 Å². The summed E-state index contributed by atoms with van der Waals surface area (Å²) in [6.45, 7) is 2.24. The summed E-state index contributed by atoms with van der Waals surface area (Å²) in [6, 6.07) is 0.668. The maximum Gasteiger partial charge on any atom is 0.279 e. The molecule has 1 aromatic rings. The minimum atomic E-state index is -3.45. The Balaban J connectivity index is 1.50. The number of hydrogen-bond donors (Lipinski definition) is 3. The highest BCUT2D eigenvalue weighted by Crippen LogP contribution is 2.22. The highest BCUT2D eigenvalue weighted by Gasteiger charge is 2.30. The van der Waals surface area contributed by atoms with Crippen molar-refractivity contribution in [2.24, 2.45) is 5.92 Å². The van der Waals surface area contributed by atoms with E-state index in [2.05, 4.69) is 25.2 Å². The van der Waals surface area contributed by atoms with Crippen LogP contribution in [0.2, 0.25) is 0 Å². The van der Waals surface area contributed by atoms with E-state index in [0.717, 1.165) is 19.4 Å². The summed E-state index contributed by atoms with van der Waals surface area (Å²) in [5.41, 5.74) is 0. The monoisotopic (exact) mass is 314 g/mol. The van der Waals surface area contributed by atoms with Crippen LogP contribution in [-0.4, -0.2) is 53.6 Å². The zero-order valence-electron chi connectivity index (χ0n) is 12.0. The SMILES string of the molecule is O=S(=O)(NCc1ncn[nH]1)N1CCCC(CNC2CC2)C1. The molecule has 0 aromatic carbocycles. The van der Waals surface area contributed by atoms with Crippen LogP contribution in [0.15, 0.2) is 6.33 Å². The number of hydrogen-bond acceptors (Lipinski definition) is 5. The summed E-state index contributed by atoms with van der Waals surface area (Å²) >= 11 is 0. The Morgan fingerprint density at radius 3 is 2.95 bits per heavy atom. The Morgan fingerprint density at radius 2 is 2.24 bits per heavy atom. The minimum Gasteiger partial charge on any atom is -0.314 e. The molecule has 1 saturated heterocycles. The van der Waals surface area contributed by atoms with Gasteiger partial charge < -0.3 is 5.32 Å². The zero-order valence-corrected chi connectivity index (χ0v) is 12.8. The van der Waals surface area contributed by atoms with Gasteiger partial charge in [0.15, 0.2) is 0 Å². The van der Waals surface area contributed by atoms with Gasteiger partial charge in [0.25, 0.3) is 10.2 Å². The first-order valence-corrected chi connectivity index (χ1v) is 8.90. The Kier molecular flexibility index (Phi) is 4.53. The van der Waals surface area contributed by atoms with Crippen LogP contribution in [0.4, 0.5) is 0 Å². The number of H-pyrrole nitrogens is 1. The fourth-order valence-corrected chi connectivity index (χ4v) is 3.88. The summed E-state index contributed by atoms with van der Waals surface area (Å²) < 4.78 is 28.7. The number of aromatic nitrogens is 3. The lowest BCUT2D eigenvalue weighted by atomic mass is 10.00. The molecule has 0 spiro atoms. The second-order valence-corrected chi connectivity index (χ2v) is 7.56. The third-order valence-corrected chi connectivity index (χ3v) is 5.50. The second kappa shape index (κ2) is 6.39. The van der Waals surface area contributed by atoms with Gasteiger partial charge in [-0.15, -0.1) is 0 Å². The molecule has 1 atom stereocenters. The number of nitrogens with one attached hydrogen (secondary N) is 3. The van der Waals surface area contributed by atoms with E-state index in [-0.39, 0.29) is 6.54 Å². The van der Waals surface area contributed by atoms with Crippen molar-refractivity contribution >= 4 is 10.2 Å². The largest absolute Gasteiger partial charge is 0.314 e. The lowest BCUT2D eigenvalue weighted by Gasteiger charge is -2.32. The molecule has 2 heterocycles. The van der Waals surface area contributed by atoms with Crippen molar-refractivity contribution in [1.29, 1.82) is 0 Å². The van der Waals surface area contributed by atoms with Crippen molar-refractivity contribution in [2.45, 2.75) is 38.3 Å². The van der Waals surface area contributed by atoms with E-state index in [0.29, 0.717) is 30.9 Å². The molecule has 1 saturated carbocycles. The quantitative estimate of drug-likeness (QED) is 0.635. The maximum absolute atomic E-state index is 12.3. The van der Waals surface area contributed by atoms with E-state index >= 15 is 0 Å².